The number of nitriles is 1. The SMILES string of the molecule is Cc1ccc(-c2ccc(C#N)c(SCCC(=O)Nc3ccccc3Br)n2)cc1. The largest absolute Gasteiger partial charge is 0.325 e. The number of halogens is 1. The summed E-state index contributed by atoms with van der Waals surface area (Å²) < 4.78 is 0.843. The molecule has 0 atom stereocenters. The Morgan fingerprint density at radius 1 is 1.14 bits per heavy atom. The molecule has 3 rings (SSSR count). The summed E-state index contributed by atoms with van der Waals surface area (Å²) in [6.45, 7) is 2.04. The molecule has 0 fully saturated rings. The van der Waals surface area contributed by atoms with Crippen molar-refractivity contribution in [3.8, 4) is 17.3 Å². The predicted octanol–water partition coefficient (Wildman–Crippen LogP) is 5.81. The van der Waals surface area contributed by atoms with Gasteiger partial charge in [-0.1, -0.05) is 42.0 Å². The van der Waals surface area contributed by atoms with Crippen LogP contribution in [0.15, 0.2) is 70.2 Å². The van der Waals surface area contributed by atoms with Gasteiger partial charge in [-0.05, 0) is 47.1 Å². The monoisotopic (exact) mass is 451 g/mol. The van der Waals surface area contributed by atoms with Crippen LogP contribution in [0, 0.1) is 18.3 Å². The minimum Gasteiger partial charge on any atom is -0.325 e. The van der Waals surface area contributed by atoms with Gasteiger partial charge in [0.15, 0.2) is 0 Å². The number of nitrogens with zero attached hydrogens (tertiary/aromatic N) is 2. The smallest absolute Gasteiger partial charge is 0.225 e. The number of rotatable bonds is 6. The zero-order valence-corrected chi connectivity index (χ0v) is 17.7. The van der Waals surface area contributed by atoms with Crippen LogP contribution in [0.2, 0.25) is 0 Å². The zero-order valence-electron chi connectivity index (χ0n) is 15.3. The number of hydrogen-bond donors (Lipinski definition) is 1. The number of aromatic nitrogens is 1. The second-order valence-corrected chi connectivity index (χ2v) is 8.09. The Morgan fingerprint density at radius 2 is 1.89 bits per heavy atom. The Morgan fingerprint density at radius 3 is 2.61 bits per heavy atom. The first kappa shape index (κ1) is 20.1. The maximum absolute atomic E-state index is 12.2. The van der Waals surface area contributed by atoms with E-state index in [-0.39, 0.29) is 5.91 Å². The van der Waals surface area contributed by atoms with Crippen LogP contribution in [0.25, 0.3) is 11.3 Å². The average molecular weight is 452 g/mol. The molecule has 6 heteroatoms. The van der Waals surface area contributed by atoms with Gasteiger partial charge in [-0.3, -0.25) is 4.79 Å². The van der Waals surface area contributed by atoms with Crippen molar-refractivity contribution in [2.45, 2.75) is 18.4 Å². The Labute approximate surface area is 177 Å². The number of amides is 1. The second kappa shape index (κ2) is 9.54. The predicted molar refractivity (Wildman–Crippen MR) is 117 cm³/mol. The summed E-state index contributed by atoms with van der Waals surface area (Å²) in [4.78, 5) is 16.8. The molecule has 0 saturated carbocycles. The van der Waals surface area contributed by atoms with Gasteiger partial charge in [-0.2, -0.15) is 5.26 Å². The quantitative estimate of drug-likeness (QED) is 0.479. The summed E-state index contributed by atoms with van der Waals surface area (Å²) in [5.74, 6) is 0.461. The van der Waals surface area contributed by atoms with Crippen LogP contribution >= 0.6 is 27.7 Å². The molecule has 3 aromatic rings. The molecule has 2 aromatic carbocycles. The van der Waals surface area contributed by atoms with E-state index in [0.717, 1.165) is 21.4 Å². The number of nitrogens with one attached hydrogen (secondary N) is 1. The molecule has 140 valence electrons. The summed E-state index contributed by atoms with van der Waals surface area (Å²) >= 11 is 4.84. The summed E-state index contributed by atoms with van der Waals surface area (Å²) in [7, 11) is 0. The van der Waals surface area contributed by atoms with Crippen molar-refractivity contribution in [1.82, 2.24) is 4.98 Å². The lowest BCUT2D eigenvalue weighted by Gasteiger charge is -2.08. The second-order valence-electron chi connectivity index (χ2n) is 6.15. The normalized spacial score (nSPS) is 10.3. The Balaban J connectivity index is 1.65. The van der Waals surface area contributed by atoms with E-state index in [1.807, 2.05) is 61.5 Å². The van der Waals surface area contributed by atoms with Crippen molar-refractivity contribution < 1.29 is 4.79 Å². The fourth-order valence-corrected chi connectivity index (χ4v) is 3.83. The Bertz CT molecular complexity index is 1030. The number of anilines is 1. The first-order valence-electron chi connectivity index (χ1n) is 8.72. The fourth-order valence-electron chi connectivity index (χ4n) is 2.54. The molecule has 0 spiro atoms. The number of para-hydroxylation sites is 1. The fraction of sp³-hybridized carbons (Fsp3) is 0.136. The van der Waals surface area contributed by atoms with Gasteiger partial charge in [0.05, 0.1) is 16.9 Å². The van der Waals surface area contributed by atoms with E-state index in [4.69, 9.17) is 0 Å². The van der Waals surface area contributed by atoms with E-state index >= 15 is 0 Å². The summed E-state index contributed by atoms with van der Waals surface area (Å²) in [6.07, 6.45) is 0.327. The third-order valence-electron chi connectivity index (χ3n) is 4.04. The molecule has 4 nitrogen and oxygen atoms in total. The van der Waals surface area contributed by atoms with E-state index in [1.54, 1.807) is 6.07 Å². The average Bonchev–Trinajstić information content (AvgIpc) is 2.70. The van der Waals surface area contributed by atoms with Gasteiger partial charge in [-0.25, -0.2) is 4.98 Å². The van der Waals surface area contributed by atoms with Crippen molar-refractivity contribution in [3.05, 3.63) is 76.3 Å². The van der Waals surface area contributed by atoms with Crippen LogP contribution in [0.5, 0.6) is 0 Å². The van der Waals surface area contributed by atoms with Crippen LogP contribution in [-0.4, -0.2) is 16.6 Å². The van der Waals surface area contributed by atoms with E-state index in [1.165, 1.54) is 17.3 Å². The van der Waals surface area contributed by atoms with Crippen LogP contribution in [0.1, 0.15) is 17.5 Å². The third-order valence-corrected chi connectivity index (χ3v) is 5.73. The minimum absolute atomic E-state index is 0.0763. The molecule has 28 heavy (non-hydrogen) atoms. The van der Waals surface area contributed by atoms with Crippen molar-refractivity contribution in [2.75, 3.05) is 11.1 Å². The van der Waals surface area contributed by atoms with Gasteiger partial charge >= 0.3 is 0 Å². The number of pyridine rings is 1. The number of thioether (sulfide) groups is 1. The Hall–Kier alpha value is -2.62. The standard InChI is InChI=1S/C22H18BrN3OS/c1-15-6-8-16(9-7-15)19-11-10-17(14-24)22(26-19)28-13-12-21(27)25-20-5-3-2-4-18(20)23/h2-11H,12-13H2,1H3,(H,25,27). The molecular weight excluding hydrogens is 434 g/mol. The molecule has 1 amide bonds. The minimum atomic E-state index is -0.0763. The molecule has 1 N–H and O–H groups in total. The van der Waals surface area contributed by atoms with Gasteiger partial charge in [-0.15, -0.1) is 11.8 Å². The Kier molecular flexibility index (Phi) is 6.85. The van der Waals surface area contributed by atoms with E-state index in [9.17, 15) is 10.1 Å². The van der Waals surface area contributed by atoms with Gasteiger partial charge in [0.25, 0.3) is 0 Å². The van der Waals surface area contributed by atoms with Gasteiger partial charge < -0.3 is 5.32 Å². The molecule has 0 radical (unpaired) electrons. The van der Waals surface area contributed by atoms with Crippen molar-refractivity contribution in [2.24, 2.45) is 0 Å². The summed E-state index contributed by atoms with van der Waals surface area (Å²) in [5.41, 5.74) is 4.27. The van der Waals surface area contributed by atoms with Crippen LogP contribution in [0.4, 0.5) is 5.69 Å². The first-order valence-corrected chi connectivity index (χ1v) is 10.5. The molecule has 1 aromatic heterocycles. The first-order chi connectivity index (χ1) is 13.6. The van der Waals surface area contributed by atoms with E-state index in [0.29, 0.717) is 22.8 Å². The van der Waals surface area contributed by atoms with Gasteiger partial charge in [0.2, 0.25) is 5.91 Å². The number of benzene rings is 2. The molecule has 0 bridgehead atoms. The molecule has 0 aliphatic heterocycles. The van der Waals surface area contributed by atoms with Crippen LogP contribution in [-0.2, 0) is 4.79 Å². The van der Waals surface area contributed by atoms with Crippen LogP contribution in [0.3, 0.4) is 0 Å². The molecule has 0 aliphatic rings. The van der Waals surface area contributed by atoms with Crippen molar-refractivity contribution in [1.29, 1.82) is 5.26 Å². The highest BCUT2D eigenvalue weighted by Gasteiger charge is 2.10. The van der Waals surface area contributed by atoms with Crippen molar-refractivity contribution in [3.63, 3.8) is 0 Å². The molecule has 0 aliphatic carbocycles. The summed E-state index contributed by atoms with van der Waals surface area (Å²) in [6, 6.07) is 21.4. The lowest BCUT2D eigenvalue weighted by molar-refractivity contribution is -0.115. The van der Waals surface area contributed by atoms with Gasteiger partial charge in [0, 0.05) is 22.2 Å². The van der Waals surface area contributed by atoms with E-state index < -0.39 is 0 Å². The summed E-state index contributed by atoms with van der Waals surface area (Å²) in [5, 5.41) is 12.9. The molecule has 0 saturated heterocycles. The topological polar surface area (TPSA) is 65.8 Å². The van der Waals surface area contributed by atoms with Gasteiger partial charge in [0.1, 0.15) is 11.1 Å². The highest BCUT2D eigenvalue weighted by atomic mass is 79.9. The lowest BCUT2D eigenvalue weighted by atomic mass is 10.1. The maximum Gasteiger partial charge on any atom is 0.225 e. The highest BCUT2D eigenvalue weighted by Crippen LogP contribution is 2.26. The van der Waals surface area contributed by atoms with E-state index in [2.05, 4.69) is 32.3 Å². The third kappa shape index (κ3) is 5.22. The van der Waals surface area contributed by atoms with Crippen molar-refractivity contribution >= 4 is 39.3 Å². The molecule has 0 unspecified atom stereocenters. The highest BCUT2D eigenvalue weighted by molar-refractivity contribution is 9.10. The zero-order chi connectivity index (χ0) is 19.9. The molecular formula is C22H18BrN3OS. The molecule has 1 heterocycles. The maximum atomic E-state index is 12.2. The number of carbonyl (C=O) groups is 1. The lowest BCUT2D eigenvalue weighted by Crippen LogP contribution is -2.12. The number of aryl methyl sites for hydroxylation is 1. The number of carbonyl (C=O) groups excluding carboxylic acids is 1. The number of hydrogen-bond acceptors (Lipinski definition) is 4. The van der Waals surface area contributed by atoms with Crippen LogP contribution < -0.4 is 5.32 Å².